The molecule has 3 rings (SSSR count). The Hall–Kier alpha value is -3.05. The van der Waals surface area contributed by atoms with Crippen molar-refractivity contribution in [1.29, 1.82) is 0 Å². The van der Waals surface area contributed by atoms with Gasteiger partial charge in [-0.25, -0.2) is 14.4 Å². The highest BCUT2D eigenvalue weighted by molar-refractivity contribution is 5.75. The van der Waals surface area contributed by atoms with Gasteiger partial charge < -0.3 is 39.8 Å². The van der Waals surface area contributed by atoms with E-state index in [1.807, 2.05) is 51.1 Å². The molecule has 2 fully saturated rings. The number of aliphatic hydroxyl groups excluding tert-OH is 1. The molecule has 11 heteroatoms. The molecule has 1 unspecified atom stereocenters. The van der Waals surface area contributed by atoms with Gasteiger partial charge in [0.1, 0.15) is 5.60 Å². The molecular formula is C32H52N4O7. The van der Waals surface area contributed by atoms with E-state index in [0.717, 1.165) is 50.5 Å². The highest BCUT2D eigenvalue weighted by Gasteiger charge is 2.36. The number of hydrogen-bond donors (Lipinski definition) is 3. The SMILES string of the molecule is COC(=O)NCCOC(c1ccccc1)[C@@H]1CCCN(C(=O)N[C@H](CN(C)C(=O)OC(C)(C)C)[C@H](O)C2CCCCC2)C1. The van der Waals surface area contributed by atoms with Crippen molar-refractivity contribution in [2.45, 2.75) is 89.6 Å². The second kappa shape index (κ2) is 16.7. The first kappa shape index (κ1) is 34.4. The van der Waals surface area contributed by atoms with Crippen molar-refractivity contribution < 1.29 is 33.7 Å². The zero-order valence-electron chi connectivity index (χ0n) is 26.5. The Morgan fingerprint density at radius 3 is 2.37 bits per heavy atom. The summed E-state index contributed by atoms with van der Waals surface area (Å²) in [6.45, 7) is 7.23. The van der Waals surface area contributed by atoms with Gasteiger partial charge >= 0.3 is 18.2 Å². The summed E-state index contributed by atoms with van der Waals surface area (Å²) >= 11 is 0. The smallest absolute Gasteiger partial charge is 0.410 e. The van der Waals surface area contributed by atoms with E-state index in [9.17, 15) is 19.5 Å². The first-order valence-corrected chi connectivity index (χ1v) is 15.6. The number of carbonyl (C=O) groups is 3. The predicted octanol–water partition coefficient (Wildman–Crippen LogP) is 4.70. The number of benzene rings is 1. The van der Waals surface area contributed by atoms with Crippen molar-refractivity contribution in [3.8, 4) is 0 Å². The van der Waals surface area contributed by atoms with Crippen LogP contribution in [0.25, 0.3) is 0 Å². The fourth-order valence-electron chi connectivity index (χ4n) is 6.00. The van der Waals surface area contributed by atoms with E-state index in [0.29, 0.717) is 26.2 Å². The number of ether oxygens (including phenoxy) is 3. The third-order valence-electron chi connectivity index (χ3n) is 8.19. The Morgan fingerprint density at radius 1 is 1.05 bits per heavy atom. The highest BCUT2D eigenvalue weighted by Crippen LogP contribution is 2.33. The van der Waals surface area contributed by atoms with Crippen LogP contribution in [0.15, 0.2) is 30.3 Å². The zero-order chi connectivity index (χ0) is 31.4. The molecule has 1 aromatic carbocycles. The number of piperidine rings is 1. The minimum Gasteiger partial charge on any atom is -0.453 e. The van der Waals surface area contributed by atoms with Gasteiger partial charge in [-0.1, -0.05) is 49.6 Å². The average Bonchev–Trinajstić information content (AvgIpc) is 3.00. The molecule has 1 heterocycles. The van der Waals surface area contributed by atoms with Gasteiger partial charge in [0.2, 0.25) is 0 Å². The molecule has 1 aliphatic carbocycles. The number of methoxy groups -OCH3 is 1. The van der Waals surface area contributed by atoms with Crippen LogP contribution in [0.2, 0.25) is 0 Å². The van der Waals surface area contributed by atoms with Gasteiger partial charge in [-0.2, -0.15) is 0 Å². The van der Waals surface area contributed by atoms with Crippen LogP contribution in [0.4, 0.5) is 14.4 Å². The minimum absolute atomic E-state index is 0.0335. The number of urea groups is 1. The Morgan fingerprint density at radius 2 is 1.72 bits per heavy atom. The van der Waals surface area contributed by atoms with Crippen LogP contribution < -0.4 is 10.6 Å². The van der Waals surface area contributed by atoms with Crippen LogP contribution in [0.1, 0.15) is 77.4 Å². The van der Waals surface area contributed by atoms with E-state index >= 15 is 0 Å². The summed E-state index contributed by atoms with van der Waals surface area (Å²) < 4.78 is 16.4. The van der Waals surface area contributed by atoms with Crippen LogP contribution in [0, 0.1) is 11.8 Å². The molecule has 3 N–H and O–H groups in total. The number of aliphatic hydroxyl groups is 1. The minimum atomic E-state index is -0.780. The number of carbonyl (C=O) groups excluding carboxylic acids is 3. The molecular weight excluding hydrogens is 552 g/mol. The average molecular weight is 605 g/mol. The molecule has 2 aliphatic rings. The summed E-state index contributed by atoms with van der Waals surface area (Å²) in [4.78, 5) is 41.1. The molecule has 0 bridgehead atoms. The van der Waals surface area contributed by atoms with E-state index in [2.05, 4.69) is 15.4 Å². The van der Waals surface area contributed by atoms with Crippen molar-refractivity contribution in [1.82, 2.24) is 20.4 Å². The summed E-state index contributed by atoms with van der Waals surface area (Å²) in [5.41, 5.74) is 0.360. The van der Waals surface area contributed by atoms with E-state index in [4.69, 9.17) is 9.47 Å². The fourth-order valence-corrected chi connectivity index (χ4v) is 6.00. The summed E-state index contributed by atoms with van der Waals surface area (Å²) in [7, 11) is 2.95. The standard InChI is InChI=1S/C32H52N4O7/c1-32(2,3)43-31(40)35(4)22-26(27(37)23-13-8-6-9-14-23)34-29(38)36-19-12-17-25(21-36)28(24-15-10-7-11-16-24)42-20-18-33-30(39)41-5/h7,10-11,15-16,23,25-28,37H,6,8-9,12-14,17-22H2,1-5H3,(H,33,39)(H,34,38)/t25-,26-,27-,28?/m1/s1. The Kier molecular flexibility index (Phi) is 13.4. The second-order valence-electron chi connectivity index (χ2n) is 12.8. The molecule has 4 atom stereocenters. The third kappa shape index (κ3) is 11.2. The van der Waals surface area contributed by atoms with Crippen LogP contribution in [0.5, 0.6) is 0 Å². The molecule has 11 nitrogen and oxygen atoms in total. The van der Waals surface area contributed by atoms with Crippen LogP contribution in [0.3, 0.4) is 0 Å². The predicted molar refractivity (Wildman–Crippen MR) is 164 cm³/mol. The maximum absolute atomic E-state index is 13.7. The van der Waals surface area contributed by atoms with E-state index in [1.54, 1.807) is 11.9 Å². The third-order valence-corrected chi connectivity index (χ3v) is 8.19. The molecule has 1 saturated carbocycles. The largest absolute Gasteiger partial charge is 0.453 e. The van der Waals surface area contributed by atoms with Crippen molar-refractivity contribution in [2.75, 3.05) is 46.9 Å². The number of nitrogens with zero attached hydrogens (tertiary/aromatic N) is 2. The molecule has 1 aromatic rings. The molecule has 43 heavy (non-hydrogen) atoms. The topological polar surface area (TPSA) is 130 Å². The van der Waals surface area contributed by atoms with Crippen LogP contribution in [-0.2, 0) is 14.2 Å². The normalized spacial score (nSPS) is 20.0. The molecule has 242 valence electrons. The van der Waals surface area contributed by atoms with Crippen molar-refractivity contribution >= 4 is 18.2 Å². The Labute approximate surface area is 256 Å². The van der Waals surface area contributed by atoms with E-state index < -0.39 is 29.9 Å². The number of rotatable bonds is 11. The second-order valence-corrected chi connectivity index (χ2v) is 12.8. The maximum Gasteiger partial charge on any atom is 0.410 e. The fraction of sp³-hybridized carbons (Fsp3) is 0.719. The van der Waals surface area contributed by atoms with Crippen molar-refractivity contribution in [3.63, 3.8) is 0 Å². The van der Waals surface area contributed by atoms with Crippen molar-refractivity contribution in [3.05, 3.63) is 35.9 Å². The monoisotopic (exact) mass is 604 g/mol. The number of likely N-dealkylation sites (tertiary alicyclic amines) is 1. The quantitative estimate of drug-likeness (QED) is 0.312. The summed E-state index contributed by atoms with van der Waals surface area (Å²) in [5, 5.41) is 17.2. The number of hydrogen-bond acceptors (Lipinski definition) is 7. The van der Waals surface area contributed by atoms with Gasteiger partial charge in [-0.3, -0.25) is 0 Å². The van der Waals surface area contributed by atoms with Gasteiger partial charge in [0.25, 0.3) is 0 Å². The maximum atomic E-state index is 13.7. The molecule has 0 radical (unpaired) electrons. The first-order valence-electron chi connectivity index (χ1n) is 15.6. The molecule has 1 saturated heterocycles. The Balaban J connectivity index is 1.70. The summed E-state index contributed by atoms with van der Waals surface area (Å²) in [6.07, 6.45) is 4.68. The lowest BCUT2D eigenvalue weighted by atomic mass is 9.82. The van der Waals surface area contributed by atoms with Gasteiger partial charge in [-0.05, 0) is 57.9 Å². The number of nitrogens with one attached hydrogen (secondary N) is 2. The summed E-state index contributed by atoms with van der Waals surface area (Å²) in [5.74, 6) is 0.0980. The number of amides is 4. The van der Waals surface area contributed by atoms with Gasteiger partial charge in [0, 0.05) is 39.1 Å². The lowest BCUT2D eigenvalue weighted by Gasteiger charge is -2.39. The van der Waals surface area contributed by atoms with Gasteiger partial charge in [0.05, 0.1) is 32.0 Å². The first-order chi connectivity index (χ1) is 20.5. The lowest BCUT2D eigenvalue weighted by molar-refractivity contribution is -0.0101. The van der Waals surface area contributed by atoms with Gasteiger partial charge in [0.15, 0.2) is 0 Å². The molecule has 0 spiro atoms. The molecule has 4 amide bonds. The lowest BCUT2D eigenvalue weighted by Crippen LogP contribution is -2.57. The number of likely N-dealkylation sites (N-methyl/N-ethyl adjacent to an activating group) is 1. The van der Waals surface area contributed by atoms with Crippen molar-refractivity contribution in [2.24, 2.45) is 11.8 Å². The van der Waals surface area contributed by atoms with Crippen LogP contribution in [-0.4, -0.2) is 97.8 Å². The summed E-state index contributed by atoms with van der Waals surface area (Å²) in [6, 6.07) is 9.00. The number of alkyl carbamates (subject to hydrolysis) is 1. The van der Waals surface area contributed by atoms with Gasteiger partial charge in [-0.15, -0.1) is 0 Å². The van der Waals surface area contributed by atoms with Crippen LogP contribution >= 0.6 is 0 Å². The van der Waals surface area contributed by atoms with E-state index in [1.165, 1.54) is 12.0 Å². The molecule has 0 aromatic heterocycles. The highest BCUT2D eigenvalue weighted by atomic mass is 16.6. The zero-order valence-corrected chi connectivity index (χ0v) is 26.5. The van der Waals surface area contributed by atoms with E-state index in [-0.39, 0.29) is 30.5 Å². The molecule has 1 aliphatic heterocycles. The Bertz CT molecular complexity index is 1010.